The number of rotatable bonds is 4. The van der Waals surface area contributed by atoms with Gasteiger partial charge in [-0.3, -0.25) is 0 Å². The summed E-state index contributed by atoms with van der Waals surface area (Å²) in [6, 6.07) is 5.82. The summed E-state index contributed by atoms with van der Waals surface area (Å²) >= 11 is 1.74. The highest BCUT2D eigenvalue weighted by molar-refractivity contribution is 7.19. The van der Waals surface area contributed by atoms with Crippen molar-refractivity contribution in [2.75, 3.05) is 44.0 Å². The zero-order valence-corrected chi connectivity index (χ0v) is 14.8. The number of pyridine rings is 1. The number of thiophene rings is 1. The van der Waals surface area contributed by atoms with Gasteiger partial charge in [0.15, 0.2) is 11.6 Å². The Labute approximate surface area is 149 Å². The average molecular weight is 356 g/mol. The van der Waals surface area contributed by atoms with Crippen LogP contribution >= 0.6 is 11.3 Å². The Morgan fingerprint density at radius 2 is 2.12 bits per heavy atom. The molecule has 0 atom stereocenters. The Kier molecular flexibility index (Phi) is 4.48. The first-order valence-corrected chi connectivity index (χ1v) is 9.06. The van der Waals surface area contributed by atoms with Crippen LogP contribution in [0, 0.1) is 0 Å². The second kappa shape index (κ2) is 6.91. The lowest BCUT2D eigenvalue weighted by Crippen LogP contribution is -2.36. The molecular formula is C17H20N6OS. The fraction of sp³-hybridized carbons (Fsp3) is 0.353. The molecule has 25 heavy (non-hydrogen) atoms. The number of nitrogens with zero attached hydrogens (tertiary/aromatic N) is 4. The van der Waals surface area contributed by atoms with E-state index in [0.717, 1.165) is 54.4 Å². The van der Waals surface area contributed by atoms with Crippen LogP contribution in [0.15, 0.2) is 24.4 Å². The van der Waals surface area contributed by atoms with Crippen LogP contribution in [-0.2, 0) is 11.3 Å². The molecule has 1 aliphatic rings. The zero-order valence-electron chi connectivity index (χ0n) is 14.0. The van der Waals surface area contributed by atoms with Crippen LogP contribution in [-0.4, -0.2) is 48.3 Å². The van der Waals surface area contributed by atoms with E-state index >= 15 is 0 Å². The van der Waals surface area contributed by atoms with Gasteiger partial charge in [0.2, 0.25) is 0 Å². The highest BCUT2D eigenvalue weighted by atomic mass is 32.1. The van der Waals surface area contributed by atoms with Crippen LogP contribution < -0.4 is 16.0 Å². The van der Waals surface area contributed by atoms with Crippen molar-refractivity contribution in [3.8, 4) is 11.4 Å². The second-order valence-corrected chi connectivity index (χ2v) is 7.04. The normalized spacial score (nSPS) is 15.0. The number of ether oxygens (including phenoxy) is 1. The molecule has 1 aliphatic heterocycles. The molecule has 0 unspecified atom stereocenters. The van der Waals surface area contributed by atoms with E-state index in [2.05, 4.69) is 21.3 Å². The maximum absolute atomic E-state index is 5.70. The molecule has 0 amide bonds. The lowest BCUT2D eigenvalue weighted by atomic mass is 10.2. The highest BCUT2D eigenvalue weighted by Crippen LogP contribution is 2.34. The van der Waals surface area contributed by atoms with E-state index in [1.54, 1.807) is 23.6 Å². The van der Waals surface area contributed by atoms with Crippen LogP contribution in [0.2, 0.25) is 0 Å². The Bertz CT molecular complexity index is 873. The summed E-state index contributed by atoms with van der Waals surface area (Å²) in [4.78, 5) is 17.3. The van der Waals surface area contributed by atoms with E-state index in [9.17, 15) is 0 Å². The Morgan fingerprint density at radius 3 is 2.84 bits per heavy atom. The topological polar surface area (TPSA) is 89.2 Å². The summed E-state index contributed by atoms with van der Waals surface area (Å²) < 4.78 is 6.61. The maximum atomic E-state index is 5.70. The lowest BCUT2D eigenvalue weighted by molar-refractivity contribution is 0.122. The van der Waals surface area contributed by atoms with Gasteiger partial charge in [-0.2, -0.15) is 0 Å². The molecule has 1 fully saturated rings. The van der Waals surface area contributed by atoms with E-state index < -0.39 is 0 Å². The van der Waals surface area contributed by atoms with Crippen LogP contribution in [0.1, 0.15) is 4.88 Å². The van der Waals surface area contributed by atoms with Crippen molar-refractivity contribution < 1.29 is 4.74 Å². The number of morpholine rings is 1. The third kappa shape index (κ3) is 3.28. The SMILES string of the molecule is CNCc1cc2nc(-c3ccc(N)nc3)nc(N3CCOCC3)c2s1. The Morgan fingerprint density at radius 1 is 1.28 bits per heavy atom. The number of nitrogens with one attached hydrogen (secondary N) is 1. The Hall–Kier alpha value is -2.29. The Balaban J connectivity index is 1.84. The minimum Gasteiger partial charge on any atom is -0.384 e. The molecule has 1 saturated heterocycles. The monoisotopic (exact) mass is 356 g/mol. The molecule has 3 N–H and O–H groups in total. The standard InChI is InChI=1S/C17H20N6OS/c1-19-10-12-8-13-15(25-12)17(23-4-6-24-7-5-23)22-16(21-13)11-2-3-14(18)20-9-11/h2-3,8-9,19H,4-7,10H2,1H3,(H2,18,20). The number of nitrogen functional groups attached to an aromatic ring is 1. The third-order valence-electron chi connectivity index (χ3n) is 4.11. The van der Waals surface area contributed by atoms with Gasteiger partial charge in [-0.05, 0) is 25.2 Å². The van der Waals surface area contributed by atoms with Gasteiger partial charge >= 0.3 is 0 Å². The van der Waals surface area contributed by atoms with Gasteiger partial charge in [-0.25, -0.2) is 15.0 Å². The predicted octanol–water partition coefficient (Wildman–Crippen LogP) is 1.89. The minimum atomic E-state index is 0.491. The smallest absolute Gasteiger partial charge is 0.163 e. The van der Waals surface area contributed by atoms with E-state index in [1.165, 1.54) is 4.88 Å². The van der Waals surface area contributed by atoms with Crippen LogP contribution in [0.4, 0.5) is 11.6 Å². The molecule has 8 heteroatoms. The quantitative estimate of drug-likeness (QED) is 0.738. The van der Waals surface area contributed by atoms with Crippen LogP contribution in [0.3, 0.4) is 0 Å². The van der Waals surface area contributed by atoms with Crippen molar-refractivity contribution >= 4 is 33.2 Å². The molecule has 4 rings (SSSR count). The number of hydrogen-bond donors (Lipinski definition) is 2. The first-order valence-electron chi connectivity index (χ1n) is 8.24. The second-order valence-electron chi connectivity index (χ2n) is 5.90. The van der Waals surface area contributed by atoms with E-state index in [-0.39, 0.29) is 0 Å². The molecule has 3 aromatic rings. The summed E-state index contributed by atoms with van der Waals surface area (Å²) in [5.41, 5.74) is 7.54. The van der Waals surface area contributed by atoms with Crippen molar-refractivity contribution in [3.63, 3.8) is 0 Å². The molecular weight excluding hydrogens is 336 g/mol. The van der Waals surface area contributed by atoms with Gasteiger partial charge in [0, 0.05) is 36.3 Å². The van der Waals surface area contributed by atoms with Gasteiger partial charge in [0.05, 0.1) is 23.4 Å². The number of fused-ring (bicyclic) bond motifs is 1. The molecule has 0 aliphatic carbocycles. The molecule has 7 nitrogen and oxygen atoms in total. The van der Waals surface area contributed by atoms with Gasteiger partial charge in [-0.15, -0.1) is 11.3 Å². The number of nitrogens with two attached hydrogens (primary N) is 1. The molecule has 130 valence electrons. The number of aromatic nitrogens is 3. The van der Waals surface area contributed by atoms with Gasteiger partial charge < -0.3 is 20.7 Å². The van der Waals surface area contributed by atoms with Crippen molar-refractivity contribution in [1.29, 1.82) is 0 Å². The largest absolute Gasteiger partial charge is 0.384 e. The van der Waals surface area contributed by atoms with E-state index in [1.807, 2.05) is 13.1 Å². The number of hydrogen-bond acceptors (Lipinski definition) is 8. The van der Waals surface area contributed by atoms with Crippen molar-refractivity contribution in [2.24, 2.45) is 0 Å². The fourth-order valence-electron chi connectivity index (χ4n) is 2.88. The van der Waals surface area contributed by atoms with Crippen molar-refractivity contribution in [1.82, 2.24) is 20.3 Å². The van der Waals surface area contributed by atoms with Gasteiger partial charge in [-0.1, -0.05) is 0 Å². The van der Waals surface area contributed by atoms with Crippen molar-refractivity contribution in [3.05, 3.63) is 29.3 Å². The molecule has 0 aromatic carbocycles. The first kappa shape index (κ1) is 16.2. The number of anilines is 2. The predicted molar refractivity (Wildman–Crippen MR) is 101 cm³/mol. The molecule has 4 heterocycles. The van der Waals surface area contributed by atoms with Crippen LogP contribution in [0.5, 0.6) is 0 Å². The third-order valence-corrected chi connectivity index (χ3v) is 5.23. The molecule has 0 radical (unpaired) electrons. The zero-order chi connectivity index (χ0) is 17.2. The fourth-order valence-corrected chi connectivity index (χ4v) is 4.01. The average Bonchev–Trinajstić information content (AvgIpc) is 3.05. The van der Waals surface area contributed by atoms with Crippen molar-refractivity contribution in [2.45, 2.75) is 6.54 Å². The lowest BCUT2D eigenvalue weighted by Gasteiger charge is -2.28. The van der Waals surface area contributed by atoms with Crippen LogP contribution in [0.25, 0.3) is 21.6 Å². The van der Waals surface area contributed by atoms with E-state index in [0.29, 0.717) is 11.6 Å². The van der Waals surface area contributed by atoms with Gasteiger partial charge in [0.25, 0.3) is 0 Å². The molecule has 0 saturated carbocycles. The summed E-state index contributed by atoms with van der Waals surface area (Å²) in [6.45, 7) is 3.94. The summed E-state index contributed by atoms with van der Waals surface area (Å²) in [7, 11) is 1.95. The maximum Gasteiger partial charge on any atom is 0.163 e. The first-order chi connectivity index (χ1) is 12.2. The molecule has 0 bridgehead atoms. The summed E-state index contributed by atoms with van der Waals surface area (Å²) in [5, 5.41) is 3.20. The molecule has 0 spiro atoms. The summed E-state index contributed by atoms with van der Waals surface area (Å²) in [6.07, 6.45) is 1.72. The molecule has 3 aromatic heterocycles. The van der Waals surface area contributed by atoms with Gasteiger partial charge in [0.1, 0.15) is 5.82 Å². The highest BCUT2D eigenvalue weighted by Gasteiger charge is 2.20. The summed E-state index contributed by atoms with van der Waals surface area (Å²) in [5.74, 6) is 2.15. The minimum absolute atomic E-state index is 0.491. The van der Waals surface area contributed by atoms with E-state index in [4.69, 9.17) is 20.4 Å².